The predicted molar refractivity (Wildman–Crippen MR) is 69.9 cm³/mol. The zero-order valence-corrected chi connectivity index (χ0v) is 10.6. The molecule has 1 aromatic rings. The van der Waals surface area contributed by atoms with Gasteiger partial charge in [0.25, 0.3) is 5.69 Å². The van der Waals surface area contributed by atoms with E-state index in [1.807, 2.05) is 6.92 Å². The summed E-state index contributed by atoms with van der Waals surface area (Å²) in [5.74, 6) is 0.675. The number of aliphatic hydroxyl groups excluding tert-OH is 1. The molecule has 3 N–H and O–H groups in total. The molecule has 0 fully saturated rings. The van der Waals surface area contributed by atoms with E-state index in [0.29, 0.717) is 5.75 Å². The summed E-state index contributed by atoms with van der Waals surface area (Å²) in [7, 11) is 0. The molecule has 2 atom stereocenters. The molecule has 0 aliphatic carbocycles. The summed E-state index contributed by atoms with van der Waals surface area (Å²) in [4.78, 5) is 10.1. The van der Waals surface area contributed by atoms with Crippen molar-refractivity contribution in [2.45, 2.75) is 31.0 Å². The number of nitrogens with zero attached hydrogens (tertiary/aromatic N) is 1. The predicted octanol–water partition coefficient (Wildman–Crippen LogP) is 2.18. The molecule has 1 aromatic carbocycles. The molecule has 2 unspecified atom stereocenters. The van der Waals surface area contributed by atoms with Crippen molar-refractivity contribution < 1.29 is 10.0 Å². The van der Waals surface area contributed by atoms with E-state index < -0.39 is 4.92 Å². The molecule has 0 radical (unpaired) electrons. The van der Waals surface area contributed by atoms with Crippen LogP contribution < -0.4 is 5.73 Å². The molecule has 0 aliphatic heterocycles. The highest BCUT2D eigenvalue weighted by atomic mass is 32.2. The quantitative estimate of drug-likeness (QED) is 0.479. The van der Waals surface area contributed by atoms with E-state index in [-0.39, 0.29) is 22.7 Å². The Morgan fingerprint density at radius 3 is 2.65 bits per heavy atom. The van der Waals surface area contributed by atoms with Gasteiger partial charge in [-0.25, -0.2) is 0 Å². The van der Waals surface area contributed by atoms with Gasteiger partial charge in [0.2, 0.25) is 0 Å². The Morgan fingerprint density at radius 1 is 1.53 bits per heavy atom. The van der Waals surface area contributed by atoms with Gasteiger partial charge in [-0.05, 0) is 18.6 Å². The maximum atomic E-state index is 10.6. The van der Waals surface area contributed by atoms with Gasteiger partial charge in [0.05, 0.1) is 11.0 Å². The highest BCUT2D eigenvalue weighted by Gasteiger charge is 2.13. The third-order valence-electron chi connectivity index (χ3n) is 2.48. The number of rotatable bonds is 5. The SMILES string of the molecule is CC(O)C(C)SCc1ccc([N+](=O)[O-])c(N)c1. The summed E-state index contributed by atoms with van der Waals surface area (Å²) in [6, 6.07) is 4.72. The maximum absolute atomic E-state index is 10.6. The first-order chi connectivity index (χ1) is 7.91. The van der Waals surface area contributed by atoms with Gasteiger partial charge < -0.3 is 10.8 Å². The van der Waals surface area contributed by atoms with E-state index in [0.717, 1.165) is 5.56 Å². The number of benzene rings is 1. The standard InChI is InChI=1S/C11H16N2O3S/c1-7(14)8(2)17-6-9-3-4-11(13(15)16)10(12)5-9/h3-5,7-8,14H,6,12H2,1-2H3. The first-order valence-corrected chi connectivity index (χ1v) is 6.29. The number of nitro groups is 1. The van der Waals surface area contributed by atoms with E-state index in [1.165, 1.54) is 6.07 Å². The van der Waals surface area contributed by atoms with E-state index in [9.17, 15) is 15.2 Å². The van der Waals surface area contributed by atoms with Crippen molar-refractivity contribution in [3.05, 3.63) is 33.9 Å². The fourth-order valence-corrected chi connectivity index (χ4v) is 2.14. The van der Waals surface area contributed by atoms with Crippen LogP contribution in [0.3, 0.4) is 0 Å². The van der Waals surface area contributed by atoms with Gasteiger partial charge in [-0.1, -0.05) is 13.0 Å². The molecule has 5 nitrogen and oxygen atoms in total. The van der Waals surface area contributed by atoms with Crippen LogP contribution in [0.25, 0.3) is 0 Å². The molecule has 0 amide bonds. The van der Waals surface area contributed by atoms with Crippen LogP contribution in [0.4, 0.5) is 11.4 Å². The van der Waals surface area contributed by atoms with Crippen LogP contribution in [0.5, 0.6) is 0 Å². The molecule has 0 bridgehead atoms. The van der Waals surface area contributed by atoms with E-state index in [2.05, 4.69) is 0 Å². The molecule has 94 valence electrons. The van der Waals surface area contributed by atoms with Crippen molar-refractivity contribution in [2.75, 3.05) is 5.73 Å². The summed E-state index contributed by atoms with van der Waals surface area (Å²) >= 11 is 1.59. The summed E-state index contributed by atoms with van der Waals surface area (Å²) in [5, 5.41) is 20.0. The van der Waals surface area contributed by atoms with Crippen LogP contribution in [-0.4, -0.2) is 21.4 Å². The minimum atomic E-state index is -0.495. The van der Waals surface area contributed by atoms with E-state index in [1.54, 1.807) is 30.8 Å². The highest BCUT2D eigenvalue weighted by molar-refractivity contribution is 7.99. The second-order valence-corrected chi connectivity index (χ2v) is 5.27. The molecule has 6 heteroatoms. The third-order valence-corrected chi connectivity index (χ3v) is 3.90. The van der Waals surface area contributed by atoms with Crippen molar-refractivity contribution in [2.24, 2.45) is 0 Å². The fourth-order valence-electron chi connectivity index (χ4n) is 1.23. The number of nitrogen functional groups attached to an aromatic ring is 1. The van der Waals surface area contributed by atoms with Gasteiger partial charge in [-0.2, -0.15) is 11.8 Å². The first kappa shape index (κ1) is 13.8. The van der Waals surface area contributed by atoms with Crippen LogP contribution in [0.2, 0.25) is 0 Å². The van der Waals surface area contributed by atoms with Gasteiger partial charge in [-0.15, -0.1) is 0 Å². The Morgan fingerprint density at radius 2 is 2.18 bits per heavy atom. The number of nitrogens with two attached hydrogens (primary N) is 1. The normalized spacial score (nSPS) is 14.3. The topological polar surface area (TPSA) is 89.4 Å². The summed E-state index contributed by atoms with van der Waals surface area (Å²) in [6.45, 7) is 3.67. The van der Waals surface area contributed by atoms with E-state index in [4.69, 9.17) is 5.73 Å². The fraction of sp³-hybridized carbons (Fsp3) is 0.455. The van der Waals surface area contributed by atoms with E-state index >= 15 is 0 Å². The Labute approximate surface area is 104 Å². The molecule has 0 spiro atoms. The number of nitro benzene ring substituents is 1. The average molecular weight is 256 g/mol. The second kappa shape index (κ2) is 5.88. The van der Waals surface area contributed by atoms with Crippen LogP contribution >= 0.6 is 11.8 Å². The molecular weight excluding hydrogens is 240 g/mol. The first-order valence-electron chi connectivity index (χ1n) is 5.24. The zero-order chi connectivity index (χ0) is 13.0. The Hall–Kier alpha value is -1.27. The third kappa shape index (κ3) is 3.90. The minimum absolute atomic E-state index is 0.0673. The molecule has 0 aromatic heterocycles. The van der Waals surface area contributed by atoms with Crippen LogP contribution in [0.15, 0.2) is 18.2 Å². The Kier molecular flexibility index (Phi) is 4.77. The average Bonchev–Trinajstić information content (AvgIpc) is 2.25. The highest BCUT2D eigenvalue weighted by Crippen LogP contribution is 2.26. The number of hydrogen-bond acceptors (Lipinski definition) is 5. The lowest BCUT2D eigenvalue weighted by Gasteiger charge is -2.13. The summed E-state index contributed by atoms with van der Waals surface area (Å²) in [6.07, 6.45) is -0.379. The lowest BCUT2D eigenvalue weighted by atomic mass is 10.2. The zero-order valence-electron chi connectivity index (χ0n) is 9.79. The molecule has 0 saturated carbocycles. The monoisotopic (exact) mass is 256 g/mol. The number of aliphatic hydroxyl groups is 1. The van der Waals surface area contributed by atoms with Crippen molar-refractivity contribution in [1.82, 2.24) is 0 Å². The smallest absolute Gasteiger partial charge is 0.292 e. The van der Waals surface area contributed by atoms with Crippen LogP contribution in [0.1, 0.15) is 19.4 Å². The van der Waals surface area contributed by atoms with Gasteiger partial charge in [-0.3, -0.25) is 10.1 Å². The maximum Gasteiger partial charge on any atom is 0.292 e. The Balaban J connectivity index is 2.68. The van der Waals surface area contributed by atoms with Crippen molar-refractivity contribution in [3.63, 3.8) is 0 Å². The van der Waals surface area contributed by atoms with Gasteiger partial charge in [0.1, 0.15) is 5.69 Å². The van der Waals surface area contributed by atoms with Gasteiger partial charge >= 0.3 is 0 Å². The van der Waals surface area contributed by atoms with Crippen LogP contribution in [-0.2, 0) is 5.75 Å². The number of hydrogen-bond donors (Lipinski definition) is 2. The van der Waals surface area contributed by atoms with Crippen molar-refractivity contribution in [3.8, 4) is 0 Å². The molecule has 0 saturated heterocycles. The Bertz CT molecular complexity index is 410. The molecule has 1 rings (SSSR count). The van der Waals surface area contributed by atoms with Crippen molar-refractivity contribution in [1.29, 1.82) is 0 Å². The lowest BCUT2D eigenvalue weighted by molar-refractivity contribution is -0.383. The van der Waals surface area contributed by atoms with Gasteiger partial charge in [0.15, 0.2) is 0 Å². The molecular formula is C11H16N2O3S. The van der Waals surface area contributed by atoms with Crippen molar-refractivity contribution >= 4 is 23.1 Å². The minimum Gasteiger partial charge on any atom is -0.393 e. The molecule has 0 heterocycles. The summed E-state index contributed by atoms with van der Waals surface area (Å²) < 4.78 is 0. The van der Waals surface area contributed by atoms with Gasteiger partial charge in [0, 0.05) is 17.1 Å². The largest absolute Gasteiger partial charge is 0.393 e. The molecule has 17 heavy (non-hydrogen) atoms. The molecule has 0 aliphatic rings. The van der Waals surface area contributed by atoms with Crippen LogP contribution in [0, 0.1) is 10.1 Å². The second-order valence-electron chi connectivity index (χ2n) is 3.91. The number of anilines is 1. The lowest BCUT2D eigenvalue weighted by Crippen LogP contribution is -2.15. The summed E-state index contributed by atoms with van der Waals surface area (Å²) in [5.41, 5.74) is 6.62. The number of thioether (sulfide) groups is 1.